The minimum absolute atomic E-state index is 0.118. The van der Waals surface area contributed by atoms with Gasteiger partial charge in [-0.25, -0.2) is 0 Å². The van der Waals surface area contributed by atoms with Gasteiger partial charge in [0, 0.05) is 17.4 Å². The van der Waals surface area contributed by atoms with Gasteiger partial charge in [0.1, 0.15) is 5.75 Å². The highest BCUT2D eigenvalue weighted by Crippen LogP contribution is 2.27. The van der Waals surface area contributed by atoms with Crippen LogP contribution in [0.25, 0.3) is 0 Å². The third kappa shape index (κ3) is 4.66. The van der Waals surface area contributed by atoms with E-state index in [9.17, 15) is 5.11 Å². The molecule has 28 heavy (non-hydrogen) atoms. The molecule has 1 atom stereocenters. The molecule has 3 rings (SSSR count). The van der Waals surface area contributed by atoms with Crippen molar-refractivity contribution in [1.29, 1.82) is 0 Å². The number of nitrogens with two attached hydrogens (primary N) is 1. The molecule has 0 aliphatic heterocycles. The summed E-state index contributed by atoms with van der Waals surface area (Å²) in [5.41, 5.74) is 14.2. The molecule has 146 valence electrons. The molecule has 4 N–H and O–H groups in total. The topological polar surface area (TPSA) is 58.3 Å². The van der Waals surface area contributed by atoms with Gasteiger partial charge in [-0.05, 0) is 78.3 Å². The zero-order valence-electron chi connectivity index (χ0n) is 17.0. The first-order chi connectivity index (χ1) is 13.5. The Hall–Kier alpha value is -2.94. The molecule has 0 saturated carbocycles. The Morgan fingerprint density at radius 3 is 2.25 bits per heavy atom. The number of aromatic hydroxyl groups is 1. The van der Waals surface area contributed by atoms with Crippen LogP contribution in [0.2, 0.25) is 0 Å². The SMILES string of the molecule is CCc1cc(Cc2ccc(NC(C)c3cccc(O)c3)c(CC)c2)ccc1N. The van der Waals surface area contributed by atoms with E-state index in [4.69, 9.17) is 5.73 Å². The first-order valence-electron chi connectivity index (χ1n) is 10.0. The Morgan fingerprint density at radius 1 is 0.893 bits per heavy atom. The van der Waals surface area contributed by atoms with Crippen LogP contribution in [0.1, 0.15) is 54.6 Å². The van der Waals surface area contributed by atoms with E-state index in [2.05, 4.69) is 56.4 Å². The lowest BCUT2D eigenvalue weighted by atomic mass is 9.97. The Bertz CT molecular complexity index is 949. The van der Waals surface area contributed by atoms with Crippen LogP contribution >= 0.6 is 0 Å². The molecular formula is C25H30N2O. The molecule has 0 aliphatic carbocycles. The van der Waals surface area contributed by atoms with Gasteiger partial charge in [0.2, 0.25) is 0 Å². The van der Waals surface area contributed by atoms with Crippen molar-refractivity contribution in [3.8, 4) is 5.75 Å². The van der Waals surface area contributed by atoms with Gasteiger partial charge in [-0.15, -0.1) is 0 Å². The number of anilines is 2. The standard InChI is InChI=1S/C25H30N2O/c1-4-20-14-18(9-11-24(20)26)13-19-10-12-25(21(5-2)15-19)27-17(3)22-7-6-8-23(28)16-22/h6-12,14-17,27-28H,4-5,13,26H2,1-3H3. The fourth-order valence-electron chi connectivity index (χ4n) is 3.61. The third-order valence-electron chi connectivity index (χ3n) is 5.29. The number of hydrogen-bond donors (Lipinski definition) is 3. The maximum absolute atomic E-state index is 9.72. The van der Waals surface area contributed by atoms with Gasteiger partial charge in [0.05, 0.1) is 0 Å². The minimum atomic E-state index is 0.118. The van der Waals surface area contributed by atoms with Crippen molar-refractivity contribution in [1.82, 2.24) is 0 Å². The summed E-state index contributed by atoms with van der Waals surface area (Å²) in [6.45, 7) is 6.43. The lowest BCUT2D eigenvalue weighted by Crippen LogP contribution is -2.08. The van der Waals surface area contributed by atoms with E-state index in [1.165, 1.54) is 22.3 Å². The number of aryl methyl sites for hydroxylation is 2. The number of benzene rings is 3. The summed E-state index contributed by atoms with van der Waals surface area (Å²) in [4.78, 5) is 0. The summed E-state index contributed by atoms with van der Waals surface area (Å²) in [7, 11) is 0. The molecule has 0 amide bonds. The average Bonchev–Trinajstić information content (AvgIpc) is 2.70. The van der Waals surface area contributed by atoms with Crippen LogP contribution in [0, 0.1) is 0 Å². The van der Waals surface area contributed by atoms with Gasteiger partial charge in [-0.3, -0.25) is 0 Å². The Labute approximate surface area is 168 Å². The number of hydrogen-bond acceptors (Lipinski definition) is 3. The van der Waals surface area contributed by atoms with Gasteiger partial charge in [-0.2, -0.15) is 0 Å². The first kappa shape index (κ1) is 19.8. The zero-order chi connectivity index (χ0) is 20.1. The molecule has 0 spiro atoms. The Kier molecular flexibility index (Phi) is 6.25. The van der Waals surface area contributed by atoms with Crippen LogP contribution in [0.15, 0.2) is 60.7 Å². The second-order valence-electron chi connectivity index (χ2n) is 7.37. The van der Waals surface area contributed by atoms with Gasteiger partial charge in [0.25, 0.3) is 0 Å². The number of phenolic OH excluding ortho intramolecular Hbond substituents is 1. The number of phenols is 1. The van der Waals surface area contributed by atoms with Gasteiger partial charge < -0.3 is 16.2 Å². The molecule has 0 fully saturated rings. The van der Waals surface area contributed by atoms with Gasteiger partial charge >= 0.3 is 0 Å². The molecule has 0 aromatic heterocycles. The molecule has 0 bridgehead atoms. The average molecular weight is 375 g/mol. The number of nitrogens with one attached hydrogen (secondary N) is 1. The smallest absolute Gasteiger partial charge is 0.115 e. The van der Waals surface area contributed by atoms with Gasteiger partial charge in [-0.1, -0.05) is 50.2 Å². The maximum Gasteiger partial charge on any atom is 0.115 e. The quantitative estimate of drug-likeness (QED) is 0.454. The fraction of sp³-hybridized carbons (Fsp3) is 0.280. The zero-order valence-corrected chi connectivity index (χ0v) is 17.0. The predicted octanol–water partition coefficient (Wildman–Crippen LogP) is 5.86. The van der Waals surface area contributed by atoms with Crippen molar-refractivity contribution >= 4 is 11.4 Å². The summed E-state index contributed by atoms with van der Waals surface area (Å²) in [6.07, 6.45) is 2.82. The monoisotopic (exact) mass is 374 g/mol. The molecule has 0 saturated heterocycles. The summed E-state index contributed by atoms with van der Waals surface area (Å²) < 4.78 is 0. The number of nitrogen functional groups attached to an aromatic ring is 1. The van der Waals surface area contributed by atoms with Crippen LogP contribution in [0.3, 0.4) is 0 Å². The van der Waals surface area contributed by atoms with E-state index < -0.39 is 0 Å². The highest BCUT2D eigenvalue weighted by Gasteiger charge is 2.10. The second-order valence-corrected chi connectivity index (χ2v) is 7.37. The lowest BCUT2D eigenvalue weighted by molar-refractivity contribution is 0.474. The van der Waals surface area contributed by atoms with E-state index >= 15 is 0 Å². The predicted molar refractivity (Wildman–Crippen MR) is 119 cm³/mol. The van der Waals surface area contributed by atoms with Crippen molar-refractivity contribution in [2.45, 2.75) is 46.1 Å². The van der Waals surface area contributed by atoms with Crippen molar-refractivity contribution < 1.29 is 5.11 Å². The van der Waals surface area contributed by atoms with E-state index in [0.717, 1.165) is 36.2 Å². The number of rotatable bonds is 7. The molecule has 3 aromatic rings. The first-order valence-corrected chi connectivity index (χ1v) is 10.0. The lowest BCUT2D eigenvalue weighted by Gasteiger charge is -2.19. The molecular weight excluding hydrogens is 344 g/mol. The largest absolute Gasteiger partial charge is 0.508 e. The molecule has 3 heteroatoms. The maximum atomic E-state index is 9.72. The van der Waals surface area contributed by atoms with Crippen LogP contribution in [0.4, 0.5) is 11.4 Å². The second kappa shape index (κ2) is 8.83. The van der Waals surface area contributed by atoms with E-state index in [0.29, 0.717) is 5.75 Å². The molecule has 0 aliphatic rings. The normalized spacial score (nSPS) is 12.0. The molecule has 1 unspecified atom stereocenters. The summed E-state index contributed by atoms with van der Waals surface area (Å²) in [5, 5.41) is 13.3. The van der Waals surface area contributed by atoms with Crippen molar-refractivity contribution in [2.75, 3.05) is 11.1 Å². The highest BCUT2D eigenvalue weighted by atomic mass is 16.3. The third-order valence-corrected chi connectivity index (χ3v) is 5.29. The molecule has 3 aromatic carbocycles. The van der Waals surface area contributed by atoms with Crippen molar-refractivity contribution in [3.63, 3.8) is 0 Å². The summed E-state index contributed by atoms with van der Waals surface area (Å²) >= 11 is 0. The van der Waals surface area contributed by atoms with Crippen molar-refractivity contribution in [3.05, 3.63) is 88.5 Å². The Balaban J connectivity index is 1.78. The molecule has 0 heterocycles. The van der Waals surface area contributed by atoms with E-state index in [1.54, 1.807) is 6.07 Å². The summed E-state index contributed by atoms with van der Waals surface area (Å²) in [5.74, 6) is 0.298. The summed E-state index contributed by atoms with van der Waals surface area (Å²) in [6, 6.07) is 20.5. The van der Waals surface area contributed by atoms with Crippen LogP contribution < -0.4 is 11.1 Å². The van der Waals surface area contributed by atoms with E-state index in [-0.39, 0.29) is 6.04 Å². The molecule has 3 nitrogen and oxygen atoms in total. The van der Waals surface area contributed by atoms with Crippen LogP contribution in [-0.2, 0) is 19.3 Å². The Morgan fingerprint density at radius 2 is 1.57 bits per heavy atom. The van der Waals surface area contributed by atoms with Gasteiger partial charge in [0.15, 0.2) is 0 Å². The highest BCUT2D eigenvalue weighted by molar-refractivity contribution is 5.55. The van der Waals surface area contributed by atoms with Crippen molar-refractivity contribution in [2.24, 2.45) is 0 Å². The minimum Gasteiger partial charge on any atom is -0.508 e. The fourth-order valence-corrected chi connectivity index (χ4v) is 3.61. The van der Waals surface area contributed by atoms with Crippen LogP contribution in [-0.4, -0.2) is 5.11 Å². The van der Waals surface area contributed by atoms with Crippen LogP contribution in [0.5, 0.6) is 5.75 Å². The molecule has 0 radical (unpaired) electrons. The van der Waals surface area contributed by atoms with E-state index in [1.807, 2.05) is 24.3 Å².